The molecule has 0 heterocycles. The molecule has 0 saturated heterocycles. The smallest absolute Gasteiger partial charge is 0.408 e. The molecule has 0 saturated carbocycles. The summed E-state index contributed by atoms with van der Waals surface area (Å²) in [5.41, 5.74) is 2.27. The van der Waals surface area contributed by atoms with Crippen molar-refractivity contribution < 1.29 is 19.1 Å². The van der Waals surface area contributed by atoms with Gasteiger partial charge in [-0.15, -0.1) is 0 Å². The number of aryl methyl sites for hydroxylation is 2. The van der Waals surface area contributed by atoms with Crippen molar-refractivity contribution in [2.24, 2.45) is 0 Å². The number of para-hydroxylation sites is 1. The van der Waals surface area contributed by atoms with Crippen molar-refractivity contribution in [1.82, 2.24) is 10.2 Å². The average molecular weight is 562 g/mol. The molecule has 0 aliphatic rings. The van der Waals surface area contributed by atoms with Crippen molar-refractivity contribution in [2.75, 3.05) is 17.3 Å². The number of anilines is 1. The maximum Gasteiger partial charge on any atom is 0.408 e. The third-order valence-corrected chi connectivity index (χ3v) is 6.76. The summed E-state index contributed by atoms with van der Waals surface area (Å²) in [5.74, 6) is -0.122. The Labute approximate surface area is 236 Å². The molecular formula is C29H40ClN3O4S. The van der Waals surface area contributed by atoms with Crippen LogP contribution in [0.2, 0.25) is 5.02 Å². The van der Waals surface area contributed by atoms with Gasteiger partial charge in [-0.05, 0) is 84.1 Å². The first-order valence-electron chi connectivity index (χ1n) is 12.7. The second-order valence-electron chi connectivity index (χ2n) is 10.6. The molecule has 3 amide bonds. The number of halogens is 1. The third-order valence-electron chi connectivity index (χ3n) is 5.80. The first-order valence-corrected chi connectivity index (χ1v) is 14.5. The molecule has 0 aliphatic carbocycles. The Kier molecular flexibility index (Phi) is 11.5. The van der Waals surface area contributed by atoms with Crippen LogP contribution in [0.1, 0.15) is 63.8 Å². The summed E-state index contributed by atoms with van der Waals surface area (Å²) in [6.45, 7) is 12.8. The number of hydrogen-bond acceptors (Lipinski definition) is 5. The van der Waals surface area contributed by atoms with Gasteiger partial charge in [0.1, 0.15) is 17.7 Å². The van der Waals surface area contributed by atoms with Gasteiger partial charge >= 0.3 is 6.09 Å². The van der Waals surface area contributed by atoms with Gasteiger partial charge in [0.05, 0.1) is 10.7 Å². The van der Waals surface area contributed by atoms with Gasteiger partial charge in [-0.1, -0.05) is 53.6 Å². The van der Waals surface area contributed by atoms with E-state index in [1.165, 1.54) is 4.90 Å². The van der Waals surface area contributed by atoms with E-state index in [1.807, 2.05) is 70.3 Å². The number of nitrogens with zero attached hydrogens (tertiary/aromatic N) is 1. The van der Waals surface area contributed by atoms with Crippen LogP contribution >= 0.6 is 23.4 Å². The highest BCUT2D eigenvalue weighted by Crippen LogP contribution is 2.30. The Balaban J connectivity index is 2.53. The molecular weight excluding hydrogens is 522 g/mol. The van der Waals surface area contributed by atoms with Crippen molar-refractivity contribution >= 4 is 47.0 Å². The van der Waals surface area contributed by atoms with Crippen LogP contribution in [0.15, 0.2) is 42.5 Å². The van der Waals surface area contributed by atoms with E-state index in [1.54, 1.807) is 38.6 Å². The largest absolute Gasteiger partial charge is 0.444 e. The standard InChI is InChI=1S/C29H40ClN3O4S/c1-18(2)33(27(35)23(16-17-38-8)31-28(36)37-29(5,6)7)25(21-14-12-19(3)13-15-21)26(34)32-24-20(4)10-9-11-22(24)30/h9-15,18,23,25H,16-17H2,1-8H3,(H,31,36)(H,32,34). The van der Waals surface area contributed by atoms with E-state index in [-0.39, 0.29) is 11.9 Å². The molecule has 2 unspecified atom stereocenters. The molecule has 7 nitrogen and oxygen atoms in total. The topological polar surface area (TPSA) is 87.7 Å². The monoisotopic (exact) mass is 561 g/mol. The van der Waals surface area contributed by atoms with Gasteiger partial charge in [0.2, 0.25) is 5.91 Å². The Hall–Kier alpha value is -2.71. The number of alkyl carbamates (subject to hydrolysis) is 1. The molecule has 2 aromatic carbocycles. The molecule has 0 spiro atoms. The first kappa shape index (κ1) is 31.5. The van der Waals surface area contributed by atoms with Crippen LogP contribution in [0.25, 0.3) is 0 Å². The molecule has 2 N–H and O–H groups in total. The van der Waals surface area contributed by atoms with E-state index in [9.17, 15) is 14.4 Å². The number of rotatable bonds is 10. The molecule has 208 valence electrons. The molecule has 0 radical (unpaired) electrons. The number of carbonyl (C=O) groups excluding carboxylic acids is 3. The van der Waals surface area contributed by atoms with Crippen molar-refractivity contribution in [3.63, 3.8) is 0 Å². The van der Waals surface area contributed by atoms with E-state index in [2.05, 4.69) is 10.6 Å². The average Bonchev–Trinajstić information content (AvgIpc) is 2.81. The van der Waals surface area contributed by atoms with E-state index in [0.29, 0.717) is 28.4 Å². The van der Waals surface area contributed by atoms with E-state index >= 15 is 0 Å². The SMILES string of the molecule is CSCCC(NC(=O)OC(C)(C)C)C(=O)N(C(C)C)C(C(=O)Nc1c(C)cccc1Cl)c1ccc(C)cc1. The van der Waals surface area contributed by atoms with Crippen LogP contribution in [0.4, 0.5) is 10.5 Å². The van der Waals surface area contributed by atoms with Gasteiger partial charge in [0.15, 0.2) is 0 Å². The van der Waals surface area contributed by atoms with Crippen LogP contribution in [0.5, 0.6) is 0 Å². The molecule has 2 rings (SSSR count). The van der Waals surface area contributed by atoms with Gasteiger partial charge in [0, 0.05) is 6.04 Å². The van der Waals surface area contributed by atoms with Gasteiger partial charge in [-0.25, -0.2) is 4.79 Å². The summed E-state index contributed by atoms with van der Waals surface area (Å²) in [4.78, 5) is 42.2. The van der Waals surface area contributed by atoms with Gasteiger partial charge < -0.3 is 20.3 Å². The maximum atomic E-state index is 14.1. The number of nitrogens with one attached hydrogen (secondary N) is 2. The highest BCUT2D eigenvalue weighted by atomic mass is 35.5. The summed E-state index contributed by atoms with van der Waals surface area (Å²) < 4.78 is 5.43. The summed E-state index contributed by atoms with van der Waals surface area (Å²) in [7, 11) is 0. The fraction of sp³-hybridized carbons (Fsp3) is 0.483. The number of thioether (sulfide) groups is 1. The highest BCUT2D eigenvalue weighted by molar-refractivity contribution is 7.98. The fourth-order valence-electron chi connectivity index (χ4n) is 3.97. The minimum absolute atomic E-state index is 0.357. The predicted molar refractivity (Wildman–Crippen MR) is 157 cm³/mol. The van der Waals surface area contributed by atoms with E-state index < -0.39 is 29.7 Å². The molecule has 2 atom stereocenters. The Morgan fingerprint density at radius 2 is 1.68 bits per heavy atom. The molecule has 0 aliphatic heterocycles. The number of carbonyl (C=O) groups is 3. The lowest BCUT2D eigenvalue weighted by atomic mass is 9.99. The maximum absolute atomic E-state index is 14.1. The number of ether oxygens (including phenoxy) is 1. The summed E-state index contributed by atoms with van der Waals surface area (Å²) >= 11 is 7.98. The summed E-state index contributed by atoms with van der Waals surface area (Å²) in [6.07, 6.45) is 1.64. The molecule has 38 heavy (non-hydrogen) atoms. The van der Waals surface area contributed by atoms with E-state index in [0.717, 1.165) is 11.1 Å². The lowest BCUT2D eigenvalue weighted by Gasteiger charge is -2.37. The van der Waals surface area contributed by atoms with Crippen LogP contribution in [-0.4, -0.2) is 52.5 Å². The van der Waals surface area contributed by atoms with Gasteiger partial charge in [-0.2, -0.15) is 11.8 Å². The molecule has 0 aromatic heterocycles. The zero-order valence-corrected chi connectivity index (χ0v) is 25.1. The van der Waals surface area contributed by atoms with Crippen LogP contribution < -0.4 is 10.6 Å². The minimum atomic E-state index is -0.962. The van der Waals surface area contributed by atoms with Crippen LogP contribution in [0, 0.1) is 13.8 Å². The van der Waals surface area contributed by atoms with Crippen LogP contribution in [-0.2, 0) is 14.3 Å². The number of amides is 3. The van der Waals surface area contributed by atoms with E-state index in [4.69, 9.17) is 16.3 Å². The quantitative estimate of drug-likeness (QED) is 0.345. The number of benzene rings is 2. The van der Waals surface area contributed by atoms with Gasteiger partial charge in [-0.3, -0.25) is 9.59 Å². The lowest BCUT2D eigenvalue weighted by molar-refractivity contribution is -0.143. The second kappa shape index (κ2) is 13.9. The Morgan fingerprint density at radius 1 is 1.05 bits per heavy atom. The van der Waals surface area contributed by atoms with Crippen molar-refractivity contribution in [2.45, 2.75) is 78.6 Å². The first-order chi connectivity index (χ1) is 17.7. The van der Waals surface area contributed by atoms with Crippen molar-refractivity contribution in [3.05, 3.63) is 64.2 Å². The summed E-state index contributed by atoms with van der Waals surface area (Å²) in [6, 6.07) is 10.7. The highest BCUT2D eigenvalue weighted by Gasteiger charge is 2.38. The lowest BCUT2D eigenvalue weighted by Crippen LogP contribution is -2.54. The predicted octanol–water partition coefficient (Wildman–Crippen LogP) is 6.52. The Morgan fingerprint density at radius 3 is 2.21 bits per heavy atom. The second-order valence-corrected chi connectivity index (χ2v) is 11.9. The molecule has 9 heteroatoms. The number of hydrogen-bond donors (Lipinski definition) is 2. The van der Waals surface area contributed by atoms with Crippen LogP contribution in [0.3, 0.4) is 0 Å². The Bertz CT molecular complexity index is 1100. The summed E-state index contributed by atoms with van der Waals surface area (Å²) in [5, 5.41) is 6.11. The molecule has 0 fully saturated rings. The van der Waals surface area contributed by atoms with Crippen molar-refractivity contribution in [3.8, 4) is 0 Å². The third kappa shape index (κ3) is 8.95. The zero-order valence-electron chi connectivity index (χ0n) is 23.6. The van der Waals surface area contributed by atoms with Crippen molar-refractivity contribution in [1.29, 1.82) is 0 Å². The normalized spacial score (nSPS) is 13.0. The molecule has 2 aromatic rings. The minimum Gasteiger partial charge on any atom is -0.444 e. The molecule has 0 bridgehead atoms. The zero-order chi connectivity index (χ0) is 28.6. The van der Waals surface area contributed by atoms with Gasteiger partial charge in [0.25, 0.3) is 5.91 Å². The fourth-order valence-corrected chi connectivity index (χ4v) is 4.71.